The van der Waals surface area contributed by atoms with Gasteiger partial charge in [0.2, 0.25) is 5.91 Å². The van der Waals surface area contributed by atoms with Crippen molar-refractivity contribution in [3.63, 3.8) is 0 Å². The molecule has 0 heterocycles. The van der Waals surface area contributed by atoms with Crippen molar-refractivity contribution in [1.29, 1.82) is 0 Å². The summed E-state index contributed by atoms with van der Waals surface area (Å²) in [5.74, 6) is 0.455. The Morgan fingerprint density at radius 3 is 2.36 bits per heavy atom. The fourth-order valence-corrected chi connectivity index (χ4v) is 1.19. The highest BCUT2D eigenvalue weighted by molar-refractivity contribution is 5.78. The van der Waals surface area contributed by atoms with Crippen molar-refractivity contribution in [1.82, 2.24) is 5.32 Å². The summed E-state index contributed by atoms with van der Waals surface area (Å²) in [5, 5.41) is 2.84. The molecule has 1 amide bonds. The quantitative estimate of drug-likeness (QED) is 0.649. The Kier molecular flexibility index (Phi) is 5.90. The highest BCUT2D eigenvalue weighted by Crippen LogP contribution is 2.09. The van der Waals surface area contributed by atoms with Crippen LogP contribution in [0, 0.1) is 5.92 Å². The first-order valence-electron chi connectivity index (χ1n) is 4.53. The van der Waals surface area contributed by atoms with Gasteiger partial charge in [0.05, 0.1) is 0 Å². The van der Waals surface area contributed by atoms with Gasteiger partial charge in [0.1, 0.15) is 0 Å². The second kappa shape index (κ2) is 6.20. The molecule has 0 radical (unpaired) electrons. The number of amides is 1. The standard InChI is InChI=1S/C9H19NO/c1-4-7-8(5-2)9(11)10-6-3/h8H,4-7H2,1-3H3,(H,10,11). The van der Waals surface area contributed by atoms with Gasteiger partial charge in [-0.3, -0.25) is 4.79 Å². The number of hydrogen-bond donors (Lipinski definition) is 1. The van der Waals surface area contributed by atoms with Crippen LogP contribution in [0.2, 0.25) is 0 Å². The molecule has 2 nitrogen and oxygen atoms in total. The summed E-state index contributed by atoms with van der Waals surface area (Å²) in [6.07, 6.45) is 3.07. The first-order valence-corrected chi connectivity index (χ1v) is 4.53. The van der Waals surface area contributed by atoms with E-state index in [1.54, 1.807) is 0 Å². The molecule has 0 aromatic carbocycles. The van der Waals surface area contributed by atoms with Gasteiger partial charge >= 0.3 is 0 Å². The highest BCUT2D eigenvalue weighted by Gasteiger charge is 2.13. The Labute approximate surface area is 69.4 Å². The lowest BCUT2D eigenvalue weighted by Gasteiger charge is -2.12. The number of rotatable bonds is 5. The summed E-state index contributed by atoms with van der Waals surface area (Å²) in [6.45, 7) is 6.88. The van der Waals surface area contributed by atoms with Crippen LogP contribution in [-0.4, -0.2) is 12.5 Å². The van der Waals surface area contributed by atoms with E-state index in [1.165, 1.54) is 0 Å². The molecule has 0 aromatic rings. The van der Waals surface area contributed by atoms with Crippen molar-refractivity contribution in [2.24, 2.45) is 5.92 Å². The van der Waals surface area contributed by atoms with Gasteiger partial charge in [-0.05, 0) is 19.8 Å². The molecule has 0 saturated heterocycles. The van der Waals surface area contributed by atoms with Gasteiger partial charge < -0.3 is 5.32 Å². The molecule has 0 aliphatic rings. The van der Waals surface area contributed by atoms with Gasteiger partial charge in [-0.2, -0.15) is 0 Å². The van der Waals surface area contributed by atoms with Crippen LogP contribution in [0.5, 0.6) is 0 Å². The lowest BCUT2D eigenvalue weighted by atomic mass is 10.00. The smallest absolute Gasteiger partial charge is 0.223 e. The molecule has 2 heteroatoms. The maximum Gasteiger partial charge on any atom is 0.223 e. The van der Waals surface area contributed by atoms with E-state index in [0.29, 0.717) is 0 Å². The molecular weight excluding hydrogens is 138 g/mol. The molecule has 1 atom stereocenters. The second-order valence-electron chi connectivity index (χ2n) is 2.79. The summed E-state index contributed by atoms with van der Waals surface area (Å²) in [5.41, 5.74) is 0. The fraction of sp³-hybridized carbons (Fsp3) is 0.889. The molecule has 0 saturated carbocycles. The van der Waals surface area contributed by atoms with E-state index in [1.807, 2.05) is 6.92 Å². The van der Waals surface area contributed by atoms with Gasteiger partial charge in [0, 0.05) is 12.5 Å². The number of nitrogens with one attached hydrogen (secondary N) is 1. The zero-order valence-corrected chi connectivity index (χ0v) is 7.81. The molecule has 66 valence electrons. The van der Waals surface area contributed by atoms with Gasteiger partial charge in [-0.25, -0.2) is 0 Å². The maximum atomic E-state index is 11.3. The minimum absolute atomic E-state index is 0.219. The van der Waals surface area contributed by atoms with Gasteiger partial charge in [-0.15, -0.1) is 0 Å². The number of hydrogen-bond acceptors (Lipinski definition) is 1. The summed E-state index contributed by atoms with van der Waals surface area (Å²) < 4.78 is 0. The van der Waals surface area contributed by atoms with E-state index in [2.05, 4.69) is 19.2 Å². The zero-order valence-electron chi connectivity index (χ0n) is 7.81. The van der Waals surface area contributed by atoms with Crippen molar-refractivity contribution in [3.05, 3.63) is 0 Å². The summed E-state index contributed by atoms with van der Waals surface area (Å²) in [7, 11) is 0. The van der Waals surface area contributed by atoms with Crippen LogP contribution in [-0.2, 0) is 4.79 Å². The Bertz CT molecular complexity index is 112. The van der Waals surface area contributed by atoms with Gasteiger partial charge in [-0.1, -0.05) is 20.3 Å². The van der Waals surface area contributed by atoms with Crippen molar-refractivity contribution < 1.29 is 4.79 Å². The second-order valence-corrected chi connectivity index (χ2v) is 2.79. The van der Waals surface area contributed by atoms with Gasteiger partial charge in [0.25, 0.3) is 0 Å². The first-order chi connectivity index (χ1) is 5.26. The van der Waals surface area contributed by atoms with Crippen LogP contribution in [0.25, 0.3) is 0 Å². The minimum atomic E-state index is 0.219. The van der Waals surface area contributed by atoms with Crippen LogP contribution in [0.4, 0.5) is 0 Å². The van der Waals surface area contributed by atoms with Gasteiger partial charge in [0.15, 0.2) is 0 Å². The van der Waals surface area contributed by atoms with Crippen molar-refractivity contribution in [2.75, 3.05) is 6.54 Å². The molecule has 0 bridgehead atoms. The Morgan fingerprint density at radius 2 is 2.00 bits per heavy atom. The third-order valence-electron chi connectivity index (χ3n) is 1.85. The third kappa shape index (κ3) is 4.02. The van der Waals surface area contributed by atoms with E-state index >= 15 is 0 Å². The molecule has 0 spiro atoms. The fourth-order valence-electron chi connectivity index (χ4n) is 1.19. The van der Waals surface area contributed by atoms with E-state index < -0.39 is 0 Å². The average Bonchev–Trinajstić information content (AvgIpc) is 2.00. The number of carbonyl (C=O) groups is 1. The molecule has 11 heavy (non-hydrogen) atoms. The van der Waals surface area contributed by atoms with Crippen LogP contribution >= 0.6 is 0 Å². The lowest BCUT2D eigenvalue weighted by Crippen LogP contribution is -2.29. The van der Waals surface area contributed by atoms with Crippen molar-refractivity contribution >= 4 is 5.91 Å². The molecule has 0 aliphatic heterocycles. The first kappa shape index (κ1) is 10.5. The maximum absolute atomic E-state index is 11.3. The summed E-state index contributed by atoms with van der Waals surface area (Å²) >= 11 is 0. The Morgan fingerprint density at radius 1 is 1.36 bits per heavy atom. The van der Waals surface area contributed by atoms with Crippen molar-refractivity contribution in [2.45, 2.75) is 40.0 Å². The van der Waals surface area contributed by atoms with E-state index in [0.717, 1.165) is 25.8 Å². The topological polar surface area (TPSA) is 29.1 Å². The van der Waals surface area contributed by atoms with E-state index in [4.69, 9.17) is 0 Å². The predicted octanol–water partition coefficient (Wildman–Crippen LogP) is 1.95. The van der Waals surface area contributed by atoms with Crippen LogP contribution in [0.15, 0.2) is 0 Å². The third-order valence-corrected chi connectivity index (χ3v) is 1.85. The van der Waals surface area contributed by atoms with Crippen molar-refractivity contribution in [3.8, 4) is 0 Å². The molecule has 1 N–H and O–H groups in total. The molecule has 0 aromatic heterocycles. The Hall–Kier alpha value is -0.530. The Balaban J connectivity index is 3.71. The van der Waals surface area contributed by atoms with Crippen LogP contribution in [0.1, 0.15) is 40.0 Å². The molecule has 0 rings (SSSR count). The zero-order chi connectivity index (χ0) is 8.69. The van der Waals surface area contributed by atoms with Crippen LogP contribution < -0.4 is 5.32 Å². The highest BCUT2D eigenvalue weighted by atomic mass is 16.1. The summed E-state index contributed by atoms with van der Waals surface area (Å²) in [6, 6.07) is 0. The SMILES string of the molecule is CCCC(CC)C(=O)NCC. The van der Waals surface area contributed by atoms with Crippen LogP contribution in [0.3, 0.4) is 0 Å². The normalized spacial score (nSPS) is 12.6. The lowest BCUT2D eigenvalue weighted by molar-refractivity contribution is -0.125. The molecule has 0 aliphatic carbocycles. The van der Waals surface area contributed by atoms with E-state index in [9.17, 15) is 4.79 Å². The largest absolute Gasteiger partial charge is 0.356 e. The minimum Gasteiger partial charge on any atom is -0.356 e. The predicted molar refractivity (Wildman–Crippen MR) is 47.4 cm³/mol. The monoisotopic (exact) mass is 157 g/mol. The van der Waals surface area contributed by atoms with E-state index in [-0.39, 0.29) is 11.8 Å². The molecule has 1 unspecified atom stereocenters. The summed E-state index contributed by atoms with van der Waals surface area (Å²) in [4.78, 5) is 11.3. The molecular formula is C9H19NO. The molecule has 0 fully saturated rings. The average molecular weight is 157 g/mol. The number of carbonyl (C=O) groups excluding carboxylic acids is 1.